The monoisotopic (exact) mass is 335 g/mol. The Morgan fingerprint density at radius 1 is 1.28 bits per heavy atom. The number of aromatic nitrogens is 1. The van der Waals surface area contributed by atoms with E-state index in [-0.39, 0.29) is 6.10 Å². The molecule has 0 spiro atoms. The molecule has 0 radical (unpaired) electrons. The highest BCUT2D eigenvalue weighted by Crippen LogP contribution is 2.27. The minimum Gasteiger partial charge on any atom is -0.468 e. The first kappa shape index (κ1) is 17.4. The average molecular weight is 335 g/mol. The van der Waals surface area contributed by atoms with E-state index in [2.05, 4.69) is 35.0 Å². The van der Waals surface area contributed by atoms with E-state index in [1.807, 2.05) is 31.2 Å². The van der Waals surface area contributed by atoms with Gasteiger partial charge in [-0.3, -0.25) is 0 Å². The van der Waals surface area contributed by atoms with Crippen molar-refractivity contribution < 1.29 is 4.74 Å². The van der Waals surface area contributed by atoms with Gasteiger partial charge in [0.15, 0.2) is 0 Å². The summed E-state index contributed by atoms with van der Waals surface area (Å²) in [6.45, 7) is 7.54. The fourth-order valence-corrected chi connectivity index (χ4v) is 3.33. The molecule has 1 fully saturated rings. The molecule has 130 valence electrons. The molecule has 1 aromatic carbocycles. The van der Waals surface area contributed by atoms with Gasteiger partial charge < -0.3 is 9.64 Å². The molecule has 3 rings (SSSR count). The van der Waals surface area contributed by atoms with Crippen LogP contribution < -0.4 is 4.74 Å². The Labute approximate surface area is 150 Å². The van der Waals surface area contributed by atoms with Gasteiger partial charge in [0.1, 0.15) is 17.7 Å². The number of ether oxygens (including phenoxy) is 1. The van der Waals surface area contributed by atoms with Gasteiger partial charge in [0.05, 0.1) is 0 Å². The Bertz CT molecular complexity index is 739. The number of rotatable bonds is 6. The lowest BCUT2D eigenvalue weighted by molar-refractivity contribution is 0.164. The summed E-state index contributed by atoms with van der Waals surface area (Å²) in [6.07, 6.45) is 2.06. The molecule has 2 atom stereocenters. The summed E-state index contributed by atoms with van der Waals surface area (Å²) in [5.74, 6) is 1.21. The van der Waals surface area contributed by atoms with E-state index in [9.17, 15) is 5.26 Å². The van der Waals surface area contributed by atoms with Crippen molar-refractivity contribution in [2.75, 3.05) is 19.6 Å². The molecule has 2 aromatic rings. The topological polar surface area (TPSA) is 49.1 Å². The Hall–Kier alpha value is -2.38. The average Bonchev–Trinajstić information content (AvgIpc) is 3.05. The van der Waals surface area contributed by atoms with Crippen LogP contribution in [0.15, 0.2) is 42.5 Å². The van der Waals surface area contributed by atoms with E-state index in [1.54, 1.807) is 6.07 Å². The van der Waals surface area contributed by atoms with Gasteiger partial charge in [0.25, 0.3) is 0 Å². The maximum absolute atomic E-state index is 9.35. The van der Waals surface area contributed by atoms with Crippen molar-refractivity contribution in [3.8, 4) is 11.9 Å². The highest BCUT2D eigenvalue weighted by Gasteiger charge is 2.22. The maximum Gasteiger partial charge on any atom is 0.232 e. The fraction of sp³-hybridized carbons (Fsp3) is 0.429. The van der Waals surface area contributed by atoms with E-state index < -0.39 is 0 Å². The van der Waals surface area contributed by atoms with Crippen LogP contribution in [-0.2, 0) is 0 Å². The number of hydrogen-bond acceptors (Lipinski definition) is 4. The van der Waals surface area contributed by atoms with E-state index in [1.165, 1.54) is 6.42 Å². The minimum atomic E-state index is -0.0986. The summed E-state index contributed by atoms with van der Waals surface area (Å²) in [7, 11) is 0. The highest BCUT2D eigenvalue weighted by molar-refractivity contribution is 5.39. The van der Waals surface area contributed by atoms with E-state index in [0.29, 0.717) is 11.4 Å². The summed E-state index contributed by atoms with van der Waals surface area (Å²) < 4.78 is 6.23. The van der Waals surface area contributed by atoms with Crippen LogP contribution in [0.4, 0.5) is 0 Å². The van der Waals surface area contributed by atoms with Crippen LogP contribution in [0.5, 0.6) is 5.88 Å². The summed E-state index contributed by atoms with van der Waals surface area (Å²) in [5, 5.41) is 9.35. The molecule has 1 aliphatic heterocycles. The van der Waals surface area contributed by atoms with Crippen molar-refractivity contribution in [1.29, 1.82) is 5.26 Å². The van der Waals surface area contributed by atoms with Gasteiger partial charge in [0.2, 0.25) is 5.88 Å². The Morgan fingerprint density at radius 3 is 2.76 bits per heavy atom. The maximum atomic E-state index is 9.35. The molecule has 2 heterocycles. The molecule has 4 heteroatoms. The van der Waals surface area contributed by atoms with Crippen molar-refractivity contribution in [1.82, 2.24) is 9.88 Å². The molecular weight excluding hydrogens is 310 g/mol. The zero-order valence-corrected chi connectivity index (χ0v) is 15.0. The minimum absolute atomic E-state index is 0.0986. The van der Waals surface area contributed by atoms with Gasteiger partial charge in [-0.25, -0.2) is 4.98 Å². The first-order chi connectivity index (χ1) is 12.2. The molecule has 1 aliphatic rings. The SMILES string of the molecule is Cc1ccc(C#N)c(O[C@H](CCN2CC[C@H](C)C2)c2ccccc2)n1. The largest absolute Gasteiger partial charge is 0.468 e. The summed E-state index contributed by atoms with van der Waals surface area (Å²) in [6, 6.07) is 16.0. The number of pyridine rings is 1. The molecule has 0 N–H and O–H groups in total. The van der Waals surface area contributed by atoms with Crippen molar-refractivity contribution in [3.05, 3.63) is 59.3 Å². The van der Waals surface area contributed by atoms with Crippen LogP contribution in [0.3, 0.4) is 0 Å². The van der Waals surface area contributed by atoms with Crippen LogP contribution >= 0.6 is 0 Å². The normalized spacial score (nSPS) is 18.7. The summed E-state index contributed by atoms with van der Waals surface area (Å²) >= 11 is 0. The van der Waals surface area contributed by atoms with E-state index >= 15 is 0 Å². The molecule has 0 bridgehead atoms. The van der Waals surface area contributed by atoms with Gasteiger partial charge in [-0.1, -0.05) is 37.3 Å². The molecule has 25 heavy (non-hydrogen) atoms. The Kier molecular flexibility index (Phi) is 5.67. The number of benzene rings is 1. The predicted molar refractivity (Wildman–Crippen MR) is 98.3 cm³/mol. The van der Waals surface area contributed by atoms with Crippen LogP contribution in [0, 0.1) is 24.2 Å². The van der Waals surface area contributed by atoms with Crippen molar-refractivity contribution >= 4 is 0 Å². The fourth-order valence-electron chi connectivity index (χ4n) is 3.33. The zero-order valence-electron chi connectivity index (χ0n) is 15.0. The molecule has 1 aromatic heterocycles. The quantitative estimate of drug-likeness (QED) is 0.797. The van der Waals surface area contributed by atoms with Crippen molar-refractivity contribution in [2.45, 2.75) is 32.8 Å². The van der Waals surface area contributed by atoms with Crippen LogP contribution in [0.2, 0.25) is 0 Å². The van der Waals surface area contributed by atoms with Crippen molar-refractivity contribution in [3.63, 3.8) is 0 Å². The van der Waals surface area contributed by atoms with Gasteiger partial charge in [-0.05, 0) is 43.5 Å². The second-order valence-corrected chi connectivity index (χ2v) is 6.92. The third kappa shape index (κ3) is 4.58. The molecule has 4 nitrogen and oxygen atoms in total. The van der Waals surface area contributed by atoms with Gasteiger partial charge in [-0.15, -0.1) is 0 Å². The molecule has 0 unspecified atom stereocenters. The van der Waals surface area contributed by atoms with Crippen LogP contribution in [0.25, 0.3) is 0 Å². The molecule has 0 aliphatic carbocycles. The molecule has 1 saturated heterocycles. The number of aryl methyl sites for hydroxylation is 1. The smallest absolute Gasteiger partial charge is 0.232 e. The van der Waals surface area contributed by atoms with Gasteiger partial charge in [0, 0.05) is 25.2 Å². The predicted octanol–water partition coefficient (Wildman–Crippen LogP) is 4.11. The third-order valence-electron chi connectivity index (χ3n) is 4.76. The van der Waals surface area contributed by atoms with E-state index in [4.69, 9.17) is 4.74 Å². The summed E-state index contributed by atoms with van der Waals surface area (Å²) in [4.78, 5) is 6.94. The number of nitrogens with zero attached hydrogens (tertiary/aromatic N) is 3. The van der Waals surface area contributed by atoms with Gasteiger partial charge in [-0.2, -0.15) is 5.26 Å². The molecule has 0 saturated carbocycles. The van der Waals surface area contributed by atoms with Crippen LogP contribution in [-0.4, -0.2) is 29.5 Å². The highest BCUT2D eigenvalue weighted by atomic mass is 16.5. The van der Waals surface area contributed by atoms with Crippen LogP contribution in [0.1, 0.15) is 42.7 Å². The lowest BCUT2D eigenvalue weighted by Gasteiger charge is -2.23. The first-order valence-electron chi connectivity index (χ1n) is 8.97. The zero-order chi connectivity index (χ0) is 17.6. The lowest BCUT2D eigenvalue weighted by atomic mass is 10.1. The standard InChI is InChI=1S/C21H25N3O/c1-16-10-12-24(15-16)13-11-20(18-6-4-3-5-7-18)25-21-19(14-22)9-8-17(2)23-21/h3-9,16,20H,10-13,15H2,1-2H3/t16-,20+/m0/s1. The second-order valence-electron chi connectivity index (χ2n) is 6.92. The summed E-state index contributed by atoms with van der Waals surface area (Å²) in [5.41, 5.74) is 2.47. The molecular formula is C21H25N3O. The Balaban J connectivity index is 1.77. The van der Waals surface area contributed by atoms with Crippen molar-refractivity contribution in [2.24, 2.45) is 5.92 Å². The second kappa shape index (κ2) is 8.13. The lowest BCUT2D eigenvalue weighted by Crippen LogP contribution is -2.24. The first-order valence-corrected chi connectivity index (χ1v) is 8.97. The Morgan fingerprint density at radius 2 is 2.08 bits per heavy atom. The molecule has 0 amide bonds. The number of nitriles is 1. The number of hydrogen-bond donors (Lipinski definition) is 0. The number of likely N-dealkylation sites (tertiary alicyclic amines) is 1. The van der Waals surface area contributed by atoms with E-state index in [0.717, 1.165) is 43.2 Å². The van der Waals surface area contributed by atoms with Gasteiger partial charge >= 0.3 is 0 Å². The third-order valence-corrected chi connectivity index (χ3v) is 4.76.